The molecule has 1 saturated heterocycles. The topological polar surface area (TPSA) is 12.0 Å². The molecule has 2 aliphatic rings. The van der Waals surface area contributed by atoms with Gasteiger partial charge < -0.3 is 5.32 Å². The molecule has 0 aromatic rings. The predicted molar refractivity (Wildman–Crippen MR) is 69.5 cm³/mol. The van der Waals surface area contributed by atoms with Gasteiger partial charge in [0, 0.05) is 17.8 Å². The van der Waals surface area contributed by atoms with E-state index in [4.69, 9.17) is 0 Å². The van der Waals surface area contributed by atoms with Crippen LogP contribution in [0.2, 0.25) is 0 Å². The minimum Gasteiger partial charge on any atom is -0.312 e. The van der Waals surface area contributed by atoms with E-state index in [1.807, 2.05) is 0 Å². The Kier molecular flexibility index (Phi) is 4.00. The van der Waals surface area contributed by atoms with Gasteiger partial charge in [0.1, 0.15) is 0 Å². The van der Waals surface area contributed by atoms with Crippen molar-refractivity contribution >= 4 is 11.8 Å². The number of thioether (sulfide) groups is 1. The first kappa shape index (κ1) is 11.8. The predicted octanol–water partition coefficient (Wildman–Crippen LogP) is 3.44. The van der Waals surface area contributed by atoms with Gasteiger partial charge >= 0.3 is 0 Å². The van der Waals surface area contributed by atoms with Gasteiger partial charge in [-0.3, -0.25) is 0 Å². The van der Waals surface area contributed by atoms with Crippen LogP contribution in [-0.2, 0) is 0 Å². The quantitative estimate of drug-likeness (QED) is 0.792. The van der Waals surface area contributed by atoms with Crippen molar-refractivity contribution in [1.29, 1.82) is 0 Å². The fourth-order valence-electron chi connectivity index (χ4n) is 2.95. The fourth-order valence-corrected chi connectivity index (χ4v) is 4.17. The zero-order chi connectivity index (χ0) is 10.7. The van der Waals surface area contributed by atoms with E-state index in [0.29, 0.717) is 5.41 Å². The first-order valence-corrected chi connectivity index (χ1v) is 7.58. The van der Waals surface area contributed by atoms with E-state index in [2.05, 4.69) is 30.9 Å². The molecule has 2 fully saturated rings. The van der Waals surface area contributed by atoms with Crippen LogP contribution < -0.4 is 5.32 Å². The molecule has 0 aromatic heterocycles. The van der Waals surface area contributed by atoms with E-state index in [9.17, 15) is 0 Å². The minimum atomic E-state index is 0.529. The van der Waals surface area contributed by atoms with Crippen LogP contribution in [0.15, 0.2) is 0 Å². The highest BCUT2D eigenvalue weighted by atomic mass is 32.2. The van der Waals surface area contributed by atoms with Crippen molar-refractivity contribution in [2.75, 3.05) is 12.3 Å². The first-order valence-electron chi connectivity index (χ1n) is 6.53. The molecule has 1 heterocycles. The minimum absolute atomic E-state index is 0.529. The van der Waals surface area contributed by atoms with E-state index < -0.39 is 0 Å². The molecule has 2 atom stereocenters. The summed E-state index contributed by atoms with van der Waals surface area (Å²) in [6.07, 6.45) is 8.53. The molecule has 1 saturated carbocycles. The summed E-state index contributed by atoms with van der Waals surface area (Å²) in [7, 11) is 0. The van der Waals surface area contributed by atoms with Gasteiger partial charge in [0.15, 0.2) is 0 Å². The van der Waals surface area contributed by atoms with E-state index in [-0.39, 0.29) is 0 Å². The van der Waals surface area contributed by atoms with Gasteiger partial charge in [-0.2, -0.15) is 11.8 Å². The highest BCUT2D eigenvalue weighted by Gasteiger charge is 2.32. The first-order chi connectivity index (χ1) is 7.18. The average molecular weight is 227 g/mol. The molecule has 1 nitrogen and oxygen atoms in total. The Hall–Kier alpha value is 0.310. The lowest BCUT2D eigenvalue weighted by Gasteiger charge is -2.39. The summed E-state index contributed by atoms with van der Waals surface area (Å²) in [6.45, 7) is 6.12. The third kappa shape index (κ3) is 3.13. The Balaban J connectivity index is 1.76. The normalized spacial score (nSPS) is 35.6. The van der Waals surface area contributed by atoms with E-state index >= 15 is 0 Å². The third-order valence-corrected chi connectivity index (χ3v) is 5.52. The van der Waals surface area contributed by atoms with Crippen LogP contribution in [0, 0.1) is 5.41 Å². The maximum atomic E-state index is 3.83. The molecular formula is C13H25NS. The largest absolute Gasteiger partial charge is 0.312 e. The maximum absolute atomic E-state index is 3.83. The SMILES string of the molecule is CC1(C)CCCCC1NCC1CCCS1. The van der Waals surface area contributed by atoms with Crippen molar-refractivity contribution in [1.82, 2.24) is 5.32 Å². The molecular weight excluding hydrogens is 202 g/mol. The molecule has 2 rings (SSSR count). The summed E-state index contributed by atoms with van der Waals surface area (Å²) in [5.74, 6) is 1.39. The van der Waals surface area contributed by atoms with Crippen LogP contribution in [0.25, 0.3) is 0 Å². The Morgan fingerprint density at radius 2 is 2.07 bits per heavy atom. The summed E-state index contributed by atoms with van der Waals surface area (Å²) in [6, 6.07) is 0.771. The summed E-state index contributed by atoms with van der Waals surface area (Å²) >= 11 is 2.17. The lowest BCUT2D eigenvalue weighted by molar-refractivity contribution is 0.168. The second kappa shape index (κ2) is 5.09. The van der Waals surface area contributed by atoms with Gasteiger partial charge in [-0.25, -0.2) is 0 Å². The van der Waals surface area contributed by atoms with Crippen molar-refractivity contribution in [2.45, 2.75) is 63.7 Å². The van der Waals surface area contributed by atoms with Gasteiger partial charge in [0.05, 0.1) is 0 Å². The maximum Gasteiger partial charge on any atom is 0.0172 e. The Morgan fingerprint density at radius 3 is 2.73 bits per heavy atom. The Morgan fingerprint density at radius 1 is 1.20 bits per heavy atom. The van der Waals surface area contributed by atoms with Crippen molar-refractivity contribution in [3.8, 4) is 0 Å². The molecule has 0 spiro atoms. The monoisotopic (exact) mass is 227 g/mol. The summed E-state index contributed by atoms with van der Waals surface area (Å²) < 4.78 is 0. The highest BCUT2D eigenvalue weighted by molar-refractivity contribution is 8.00. The molecule has 0 bridgehead atoms. The van der Waals surface area contributed by atoms with Gasteiger partial charge in [0.25, 0.3) is 0 Å². The summed E-state index contributed by atoms with van der Waals surface area (Å²) in [4.78, 5) is 0. The van der Waals surface area contributed by atoms with E-state index in [0.717, 1.165) is 11.3 Å². The number of nitrogens with one attached hydrogen (secondary N) is 1. The van der Waals surface area contributed by atoms with Gasteiger partial charge in [-0.1, -0.05) is 26.7 Å². The van der Waals surface area contributed by atoms with Crippen LogP contribution in [-0.4, -0.2) is 23.6 Å². The number of hydrogen-bond donors (Lipinski definition) is 1. The second-order valence-corrected chi connectivity index (χ2v) is 7.24. The molecule has 0 radical (unpaired) electrons. The lowest BCUT2D eigenvalue weighted by atomic mass is 9.73. The summed E-state index contributed by atoms with van der Waals surface area (Å²) in [5, 5.41) is 4.74. The van der Waals surface area contributed by atoms with E-state index in [1.54, 1.807) is 0 Å². The highest BCUT2D eigenvalue weighted by Crippen LogP contribution is 2.35. The van der Waals surface area contributed by atoms with Gasteiger partial charge in [-0.05, 0) is 36.9 Å². The number of rotatable bonds is 3. The summed E-state index contributed by atoms with van der Waals surface area (Å²) in [5.41, 5.74) is 0.529. The molecule has 88 valence electrons. The fraction of sp³-hybridized carbons (Fsp3) is 1.00. The van der Waals surface area contributed by atoms with Crippen molar-refractivity contribution in [3.63, 3.8) is 0 Å². The number of hydrogen-bond acceptors (Lipinski definition) is 2. The zero-order valence-corrected chi connectivity index (χ0v) is 11.0. The zero-order valence-electron chi connectivity index (χ0n) is 10.2. The molecule has 1 aliphatic heterocycles. The standard InChI is InChI=1S/C13H25NS/c1-13(2)8-4-3-7-12(13)14-10-11-6-5-9-15-11/h11-12,14H,3-10H2,1-2H3. The Bertz CT molecular complexity index is 197. The molecule has 0 aromatic carbocycles. The molecule has 0 amide bonds. The van der Waals surface area contributed by atoms with Crippen molar-refractivity contribution in [2.24, 2.45) is 5.41 Å². The van der Waals surface area contributed by atoms with Crippen molar-refractivity contribution in [3.05, 3.63) is 0 Å². The van der Waals surface area contributed by atoms with Crippen LogP contribution >= 0.6 is 11.8 Å². The van der Waals surface area contributed by atoms with Crippen LogP contribution in [0.5, 0.6) is 0 Å². The smallest absolute Gasteiger partial charge is 0.0172 e. The van der Waals surface area contributed by atoms with Crippen LogP contribution in [0.4, 0.5) is 0 Å². The molecule has 2 unspecified atom stereocenters. The van der Waals surface area contributed by atoms with Crippen molar-refractivity contribution < 1.29 is 0 Å². The Labute approximate surface area is 98.8 Å². The molecule has 15 heavy (non-hydrogen) atoms. The molecule has 2 heteroatoms. The average Bonchev–Trinajstić information content (AvgIpc) is 2.68. The van der Waals surface area contributed by atoms with Gasteiger partial charge in [0.2, 0.25) is 0 Å². The van der Waals surface area contributed by atoms with Crippen LogP contribution in [0.1, 0.15) is 52.4 Å². The third-order valence-electron chi connectivity index (χ3n) is 4.12. The van der Waals surface area contributed by atoms with Crippen LogP contribution in [0.3, 0.4) is 0 Å². The van der Waals surface area contributed by atoms with E-state index in [1.165, 1.54) is 50.8 Å². The second-order valence-electron chi connectivity index (χ2n) is 5.83. The van der Waals surface area contributed by atoms with Gasteiger partial charge in [-0.15, -0.1) is 0 Å². The molecule has 1 aliphatic carbocycles. The lowest BCUT2D eigenvalue weighted by Crippen LogP contribution is -2.46. The molecule has 1 N–H and O–H groups in total.